The first-order chi connectivity index (χ1) is 27.2. The van der Waals surface area contributed by atoms with E-state index in [1.807, 2.05) is 6.08 Å². The lowest BCUT2D eigenvalue weighted by Crippen LogP contribution is -2.83. The zero-order chi connectivity index (χ0) is 37.4. The maximum atomic E-state index is 8.61. The summed E-state index contributed by atoms with van der Waals surface area (Å²) < 4.78 is 17.2. The van der Waals surface area contributed by atoms with Gasteiger partial charge in [0.1, 0.15) is 0 Å². The molecule has 266 valence electrons. The first-order valence-electron chi connectivity index (χ1n) is 18.7. The summed E-state index contributed by atoms with van der Waals surface area (Å²) in [6, 6.07) is 84.5. The average molecular weight is 759 g/mol. The molecule has 0 fully saturated rings. The second-order valence-corrected chi connectivity index (χ2v) is 23.8. The molecule has 0 unspecified atom stereocenters. The number of hydrogen-bond acceptors (Lipinski definition) is 2. The van der Waals surface area contributed by atoms with Gasteiger partial charge in [0.15, 0.2) is 0 Å². The molecule has 0 aromatic heterocycles. The van der Waals surface area contributed by atoms with Crippen LogP contribution < -0.4 is 41.5 Å². The van der Waals surface area contributed by atoms with Gasteiger partial charge in [-0.15, -0.1) is 0 Å². The molecular formula is C50H42O2Si3. The van der Waals surface area contributed by atoms with Crippen molar-refractivity contribution in [3.05, 3.63) is 249 Å². The lowest BCUT2D eigenvalue weighted by atomic mass is 10.2. The minimum Gasteiger partial charge on any atom is -0.419 e. The fourth-order valence-corrected chi connectivity index (χ4v) is 24.0. The molecule has 0 heterocycles. The largest absolute Gasteiger partial charge is 0.419 e. The Morgan fingerprint density at radius 1 is 0.273 bits per heavy atom. The molecule has 2 nitrogen and oxygen atoms in total. The zero-order valence-corrected chi connectivity index (χ0v) is 33.6. The van der Waals surface area contributed by atoms with Gasteiger partial charge in [-0.1, -0.05) is 249 Å². The van der Waals surface area contributed by atoms with Crippen molar-refractivity contribution >= 4 is 72.8 Å². The predicted molar refractivity (Wildman–Crippen MR) is 238 cm³/mol. The Bertz CT molecular complexity index is 2090. The quantitative estimate of drug-likeness (QED) is 0.102. The van der Waals surface area contributed by atoms with Crippen molar-refractivity contribution in [1.29, 1.82) is 0 Å². The summed E-state index contributed by atoms with van der Waals surface area (Å²) in [5.74, 6) is 0. The molecule has 8 rings (SSSR count). The van der Waals surface area contributed by atoms with Crippen LogP contribution in [-0.2, 0) is 8.23 Å². The molecule has 55 heavy (non-hydrogen) atoms. The molecule has 0 N–H and O–H groups in total. The van der Waals surface area contributed by atoms with Crippen molar-refractivity contribution in [1.82, 2.24) is 0 Å². The molecule has 0 spiro atoms. The third-order valence-electron chi connectivity index (χ3n) is 10.4. The molecule has 0 bridgehead atoms. The molecule has 8 aromatic rings. The van der Waals surface area contributed by atoms with E-state index in [4.69, 9.17) is 8.23 Å². The molecule has 5 heteroatoms. The highest BCUT2D eigenvalue weighted by atomic mass is 28.5. The van der Waals surface area contributed by atoms with E-state index >= 15 is 0 Å². The molecule has 0 radical (unpaired) electrons. The van der Waals surface area contributed by atoms with Crippen LogP contribution in [0, 0.1) is 0 Å². The number of hydrogen-bond donors (Lipinski definition) is 0. The Morgan fingerprint density at radius 3 is 0.727 bits per heavy atom. The van der Waals surface area contributed by atoms with Gasteiger partial charge >= 0.3 is 8.56 Å². The van der Waals surface area contributed by atoms with E-state index in [1.165, 1.54) is 0 Å². The topological polar surface area (TPSA) is 18.5 Å². The number of benzene rings is 8. The molecule has 0 saturated carbocycles. The van der Waals surface area contributed by atoms with Crippen LogP contribution in [0.3, 0.4) is 0 Å². The van der Waals surface area contributed by atoms with Crippen LogP contribution >= 0.6 is 0 Å². The SMILES string of the molecule is C=Cc1ccc([Si](O[Si](c2ccccc2)(c2ccccc2)c2ccccc2)(O[Si](c2ccccc2)(c2ccccc2)c2ccccc2)c2ccccc2)cc1. The smallest absolute Gasteiger partial charge is 0.387 e. The molecule has 0 saturated heterocycles. The van der Waals surface area contributed by atoms with Crippen molar-refractivity contribution in [3.8, 4) is 0 Å². The van der Waals surface area contributed by atoms with Gasteiger partial charge in [0.25, 0.3) is 16.6 Å². The summed E-state index contributed by atoms with van der Waals surface area (Å²) in [5, 5.41) is 8.98. The molecule has 8 aromatic carbocycles. The maximum Gasteiger partial charge on any atom is 0.387 e. The summed E-state index contributed by atoms with van der Waals surface area (Å²) in [6.45, 7) is 4.10. The van der Waals surface area contributed by atoms with Gasteiger partial charge in [0.05, 0.1) is 0 Å². The van der Waals surface area contributed by atoms with E-state index in [0.29, 0.717) is 0 Å². The van der Waals surface area contributed by atoms with Crippen LogP contribution in [0.1, 0.15) is 5.56 Å². The Kier molecular flexibility index (Phi) is 10.6. The first-order valence-corrected chi connectivity index (χ1v) is 24.3. The Morgan fingerprint density at radius 2 is 0.491 bits per heavy atom. The molecule has 0 aliphatic rings. The van der Waals surface area contributed by atoms with Gasteiger partial charge in [0, 0.05) is 0 Å². The summed E-state index contributed by atoms with van der Waals surface area (Å²) in [7, 11) is -10.7. The highest BCUT2D eigenvalue weighted by Crippen LogP contribution is 2.24. The minimum atomic E-state index is -3.86. The molecular weight excluding hydrogens is 717 g/mol. The van der Waals surface area contributed by atoms with Crippen molar-refractivity contribution in [2.75, 3.05) is 0 Å². The van der Waals surface area contributed by atoms with Crippen molar-refractivity contribution in [2.45, 2.75) is 0 Å². The molecule has 0 amide bonds. The second kappa shape index (κ2) is 16.2. The monoisotopic (exact) mass is 758 g/mol. The fourth-order valence-electron chi connectivity index (χ4n) is 7.74. The van der Waals surface area contributed by atoms with Gasteiger partial charge in [-0.3, -0.25) is 0 Å². The van der Waals surface area contributed by atoms with E-state index in [2.05, 4.69) is 243 Å². The van der Waals surface area contributed by atoms with Gasteiger partial charge < -0.3 is 8.23 Å². The Labute approximate surface area is 328 Å². The third kappa shape index (κ3) is 6.85. The van der Waals surface area contributed by atoms with Crippen LogP contribution in [0.25, 0.3) is 6.08 Å². The van der Waals surface area contributed by atoms with Gasteiger partial charge in [-0.05, 0) is 47.1 Å². The Balaban J connectivity index is 1.55. The van der Waals surface area contributed by atoms with Gasteiger partial charge in [0.2, 0.25) is 0 Å². The van der Waals surface area contributed by atoms with Crippen molar-refractivity contribution in [3.63, 3.8) is 0 Å². The van der Waals surface area contributed by atoms with E-state index < -0.39 is 25.2 Å². The summed E-state index contributed by atoms with van der Waals surface area (Å²) in [5.41, 5.74) is 1.04. The normalized spacial score (nSPS) is 11.9. The Hall–Kier alpha value is -5.93. The minimum absolute atomic E-state index is 1.03. The van der Waals surface area contributed by atoms with Crippen molar-refractivity contribution < 1.29 is 8.23 Å². The lowest BCUT2D eigenvalue weighted by molar-refractivity contribution is 0.430. The van der Waals surface area contributed by atoms with Crippen molar-refractivity contribution in [2.24, 2.45) is 0 Å². The van der Waals surface area contributed by atoms with E-state index in [9.17, 15) is 0 Å². The summed E-state index contributed by atoms with van der Waals surface area (Å²) in [6.07, 6.45) is 1.89. The van der Waals surface area contributed by atoms with E-state index in [-0.39, 0.29) is 0 Å². The molecule has 0 aliphatic heterocycles. The van der Waals surface area contributed by atoms with Gasteiger partial charge in [-0.25, -0.2) is 0 Å². The second-order valence-electron chi connectivity index (χ2n) is 13.6. The summed E-state index contributed by atoms with van der Waals surface area (Å²) in [4.78, 5) is 0. The maximum absolute atomic E-state index is 8.61. The van der Waals surface area contributed by atoms with Crippen LogP contribution in [0.2, 0.25) is 0 Å². The molecule has 0 aliphatic carbocycles. The fraction of sp³-hybridized carbons (Fsp3) is 0. The summed E-state index contributed by atoms with van der Waals surface area (Å²) >= 11 is 0. The lowest BCUT2D eigenvalue weighted by Gasteiger charge is -2.47. The highest BCUT2D eigenvalue weighted by Gasteiger charge is 2.58. The van der Waals surface area contributed by atoms with E-state index in [0.717, 1.165) is 47.1 Å². The zero-order valence-electron chi connectivity index (χ0n) is 30.6. The van der Waals surface area contributed by atoms with Crippen LogP contribution in [0.15, 0.2) is 243 Å². The third-order valence-corrected chi connectivity index (χ3v) is 24.2. The van der Waals surface area contributed by atoms with E-state index in [1.54, 1.807) is 0 Å². The average Bonchev–Trinajstić information content (AvgIpc) is 3.29. The van der Waals surface area contributed by atoms with Crippen LogP contribution in [0.4, 0.5) is 0 Å². The first kappa shape index (κ1) is 36.1. The standard InChI is InChI=1S/C50H42O2Si3/c1-2-42-38-40-50(41-39-42)55(49-36-22-9-23-37-49,51-53(43-24-10-3-11-25-43,44-26-12-4-13-27-44)45-28-14-5-15-29-45)52-54(46-30-16-6-17-31-46,47-32-18-7-19-33-47)48-34-20-8-21-35-48/h2-41H,1H2. The van der Waals surface area contributed by atoms with Gasteiger partial charge in [-0.2, -0.15) is 0 Å². The predicted octanol–water partition coefficient (Wildman–Crippen LogP) is 6.25. The highest BCUT2D eigenvalue weighted by molar-refractivity contribution is 7.17. The number of rotatable bonds is 13. The van der Waals surface area contributed by atoms with Crippen LogP contribution in [0.5, 0.6) is 0 Å². The molecule has 0 atom stereocenters. The van der Waals surface area contributed by atoms with Crippen LogP contribution in [-0.4, -0.2) is 25.2 Å².